The maximum Gasteiger partial charge on any atom is 0.317 e. The van der Waals surface area contributed by atoms with Gasteiger partial charge >= 0.3 is 6.03 Å². The van der Waals surface area contributed by atoms with Gasteiger partial charge in [-0.1, -0.05) is 35.9 Å². The summed E-state index contributed by atoms with van der Waals surface area (Å²) in [6.07, 6.45) is 0. The minimum absolute atomic E-state index is 0.0973. The molecule has 0 aromatic heterocycles. The van der Waals surface area contributed by atoms with Crippen molar-refractivity contribution < 1.29 is 9.53 Å². The average molecular weight is 333 g/mol. The van der Waals surface area contributed by atoms with E-state index in [1.165, 1.54) is 0 Å². The molecule has 122 valence electrons. The number of rotatable bonds is 5. The molecular weight excluding hydrogens is 312 g/mol. The topological polar surface area (TPSA) is 50.4 Å². The van der Waals surface area contributed by atoms with Gasteiger partial charge in [0.2, 0.25) is 0 Å². The number of hydrogen-bond acceptors (Lipinski definition) is 2. The molecule has 0 radical (unpaired) electrons. The third-order valence-electron chi connectivity index (χ3n) is 3.58. The van der Waals surface area contributed by atoms with Crippen LogP contribution in [0.15, 0.2) is 36.4 Å². The lowest BCUT2D eigenvalue weighted by Crippen LogP contribution is -2.37. The SMILES string of the molecule is Cc1ccccc1CNC(=O)NCOc1cc(C)c(Cl)c(C)c1. The predicted octanol–water partition coefficient (Wildman–Crippen LogP) is 4.10. The molecule has 0 atom stereocenters. The highest BCUT2D eigenvalue weighted by atomic mass is 35.5. The highest BCUT2D eigenvalue weighted by Crippen LogP contribution is 2.25. The number of urea groups is 1. The Kier molecular flexibility index (Phi) is 5.88. The third-order valence-corrected chi connectivity index (χ3v) is 4.18. The van der Waals surface area contributed by atoms with Crippen LogP contribution < -0.4 is 15.4 Å². The van der Waals surface area contributed by atoms with Crippen molar-refractivity contribution >= 4 is 17.6 Å². The number of benzene rings is 2. The first-order valence-electron chi connectivity index (χ1n) is 7.43. The Labute approximate surface area is 141 Å². The Hall–Kier alpha value is -2.20. The number of amides is 2. The van der Waals surface area contributed by atoms with Crippen LogP contribution in [0.1, 0.15) is 22.3 Å². The van der Waals surface area contributed by atoms with Gasteiger partial charge in [-0.15, -0.1) is 0 Å². The second-order valence-corrected chi connectivity index (χ2v) is 5.82. The molecule has 0 unspecified atom stereocenters. The van der Waals surface area contributed by atoms with Crippen LogP contribution in [0.4, 0.5) is 4.79 Å². The van der Waals surface area contributed by atoms with E-state index in [9.17, 15) is 4.79 Å². The Morgan fingerprint density at radius 3 is 2.35 bits per heavy atom. The molecule has 0 saturated heterocycles. The highest BCUT2D eigenvalue weighted by Gasteiger charge is 2.05. The first kappa shape index (κ1) is 17.2. The van der Waals surface area contributed by atoms with Crippen LogP contribution in [0, 0.1) is 20.8 Å². The van der Waals surface area contributed by atoms with Crippen molar-refractivity contribution in [2.24, 2.45) is 0 Å². The van der Waals surface area contributed by atoms with E-state index >= 15 is 0 Å². The van der Waals surface area contributed by atoms with Crippen LogP contribution in [0.2, 0.25) is 5.02 Å². The van der Waals surface area contributed by atoms with Gasteiger partial charge in [-0.05, 0) is 55.2 Å². The summed E-state index contributed by atoms with van der Waals surface area (Å²) in [7, 11) is 0. The van der Waals surface area contributed by atoms with E-state index in [1.807, 2.05) is 57.2 Å². The van der Waals surface area contributed by atoms with Crippen LogP contribution in [-0.2, 0) is 6.54 Å². The molecule has 0 spiro atoms. The van der Waals surface area contributed by atoms with Crippen molar-refractivity contribution in [3.05, 3.63) is 63.7 Å². The summed E-state index contributed by atoms with van der Waals surface area (Å²) in [4.78, 5) is 11.8. The van der Waals surface area contributed by atoms with Gasteiger partial charge in [0, 0.05) is 11.6 Å². The lowest BCUT2D eigenvalue weighted by molar-refractivity contribution is 0.223. The van der Waals surface area contributed by atoms with Crippen LogP contribution in [0.3, 0.4) is 0 Å². The van der Waals surface area contributed by atoms with E-state index in [4.69, 9.17) is 16.3 Å². The van der Waals surface area contributed by atoms with E-state index in [0.29, 0.717) is 12.3 Å². The predicted molar refractivity (Wildman–Crippen MR) is 93.0 cm³/mol. The third kappa shape index (κ3) is 4.89. The van der Waals surface area contributed by atoms with Gasteiger partial charge in [-0.2, -0.15) is 0 Å². The number of halogens is 1. The van der Waals surface area contributed by atoms with E-state index < -0.39 is 0 Å². The highest BCUT2D eigenvalue weighted by molar-refractivity contribution is 6.32. The van der Waals surface area contributed by atoms with E-state index in [-0.39, 0.29) is 12.8 Å². The lowest BCUT2D eigenvalue weighted by Gasteiger charge is -2.12. The number of carbonyl (C=O) groups is 1. The van der Waals surface area contributed by atoms with Crippen molar-refractivity contribution in [3.63, 3.8) is 0 Å². The second kappa shape index (κ2) is 7.88. The zero-order valence-corrected chi connectivity index (χ0v) is 14.3. The summed E-state index contributed by atoms with van der Waals surface area (Å²) >= 11 is 6.11. The summed E-state index contributed by atoms with van der Waals surface area (Å²) in [6, 6.07) is 11.4. The largest absolute Gasteiger partial charge is 0.473 e. The molecule has 0 saturated carbocycles. The van der Waals surface area contributed by atoms with Crippen molar-refractivity contribution in [1.82, 2.24) is 10.6 Å². The Balaban J connectivity index is 1.78. The van der Waals surface area contributed by atoms with Crippen molar-refractivity contribution in [2.75, 3.05) is 6.73 Å². The van der Waals surface area contributed by atoms with Gasteiger partial charge in [0.15, 0.2) is 6.73 Å². The molecule has 23 heavy (non-hydrogen) atoms. The molecule has 0 heterocycles. The summed E-state index contributed by atoms with van der Waals surface area (Å²) in [6.45, 7) is 6.44. The van der Waals surface area contributed by atoms with Crippen LogP contribution in [-0.4, -0.2) is 12.8 Å². The summed E-state index contributed by atoms with van der Waals surface area (Å²) < 4.78 is 5.54. The molecule has 0 aliphatic heterocycles. The summed E-state index contributed by atoms with van der Waals surface area (Å²) in [5.41, 5.74) is 4.14. The molecule has 2 aromatic rings. The number of hydrogen-bond donors (Lipinski definition) is 2. The van der Waals surface area contributed by atoms with Crippen LogP contribution in [0.25, 0.3) is 0 Å². The molecule has 4 nitrogen and oxygen atoms in total. The van der Waals surface area contributed by atoms with E-state index in [1.54, 1.807) is 0 Å². The van der Waals surface area contributed by atoms with Crippen molar-refractivity contribution in [1.29, 1.82) is 0 Å². The van der Waals surface area contributed by atoms with Crippen LogP contribution in [0.5, 0.6) is 5.75 Å². The molecule has 0 aliphatic rings. The first-order valence-corrected chi connectivity index (χ1v) is 7.81. The maximum atomic E-state index is 11.8. The van der Waals surface area contributed by atoms with Gasteiger partial charge in [0.1, 0.15) is 5.75 Å². The molecular formula is C18H21ClN2O2. The molecule has 2 N–H and O–H groups in total. The average Bonchev–Trinajstić information content (AvgIpc) is 2.52. The summed E-state index contributed by atoms with van der Waals surface area (Å²) in [5.74, 6) is 0.684. The fourth-order valence-corrected chi connectivity index (χ4v) is 2.33. The Morgan fingerprint density at radius 1 is 1.04 bits per heavy atom. The number of carbonyl (C=O) groups excluding carboxylic acids is 1. The van der Waals surface area contributed by atoms with Crippen molar-refractivity contribution in [3.8, 4) is 5.75 Å². The molecule has 2 rings (SSSR count). The molecule has 0 bridgehead atoms. The fraction of sp³-hybridized carbons (Fsp3) is 0.278. The molecule has 2 aromatic carbocycles. The minimum atomic E-state index is -0.268. The van der Waals surface area contributed by atoms with Gasteiger partial charge in [-0.3, -0.25) is 0 Å². The normalized spacial score (nSPS) is 10.3. The smallest absolute Gasteiger partial charge is 0.317 e. The lowest BCUT2D eigenvalue weighted by atomic mass is 10.1. The van der Waals surface area contributed by atoms with E-state index in [2.05, 4.69) is 10.6 Å². The van der Waals surface area contributed by atoms with Gasteiger partial charge < -0.3 is 15.4 Å². The van der Waals surface area contributed by atoms with E-state index in [0.717, 1.165) is 27.3 Å². The number of ether oxygens (including phenoxy) is 1. The van der Waals surface area contributed by atoms with Gasteiger partial charge in [0.05, 0.1) is 0 Å². The number of aryl methyl sites for hydroxylation is 3. The van der Waals surface area contributed by atoms with Gasteiger partial charge in [0.25, 0.3) is 0 Å². The maximum absolute atomic E-state index is 11.8. The fourth-order valence-electron chi connectivity index (χ4n) is 2.22. The monoisotopic (exact) mass is 332 g/mol. The molecule has 0 fully saturated rings. The minimum Gasteiger partial charge on any atom is -0.473 e. The standard InChI is InChI=1S/C18H21ClN2O2/c1-12-6-4-5-7-15(12)10-20-18(22)21-11-23-16-8-13(2)17(19)14(3)9-16/h4-9H,10-11H2,1-3H3,(H2,20,21,22). The summed E-state index contributed by atoms with van der Waals surface area (Å²) in [5, 5.41) is 6.21. The van der Waals surface area contributed by atoms with Crippen LogP contribution >= 0.6 is 11.6 Å². The molecule has 0 aliphatic carbocycles. The Morgan fingerprint density at radius 2 is 1.70 bits per heavy atom. The quantitative estimate of drug-likeness (QED) is 0.810. The zero-order chi connectivity index (χ0) is 16.8. The molecule has 2 amide bonds. The second-order valence-electron chi connectivity index (χ2n) is 5.45. The van der Waals surface area contributed by atoms with Crippen molar-refractivity contribution in [2.45, 2.75) is 27.3 Å². The zero-order valence-electron chi connectivity index (χ0n) is 13.6. The number of nitrogens with one attached hydrogen (secondary N) is 2. The first-order chi connectivity index (χ1) is 11.0. The molecule has 5 heteroatoms. The van der Waals surface area contributed by atoms with Gasteiger partial charge in [-0.25, -0.2) is 4.79 Å². The Bertz CT molecular complexity index is 678.